The molecule has 2 rings (SSSR count). The van der Waals surface area contributed by atoms with Gasteiger partial charge in [0.2, 0.25) is 11.7 Å². The Hall–Kier alpha value is -1.50. The number of nitrogens with two attached hydrogens (primary N) is 2. The van der Waals surface area contributed by atoms with Crippen molar-refractivity contribution in [1.29, 1.82) is 0 Å². The maximum atomic E-state index is 12.7. The Morgan fingerprint density at radius 3 is 2.52 bits per heavy atom. The van der Waals surface area contributed by atoms with Crippen LogP contribution in [-0.2, 0) is 14.8 Å². The lowest BCUT2D eigenvalue weighted by Crippen LogP contribution is -2.43. The molecule has 2 unspecified atom stereocenters. The number of benzene rings is 1. The quantitative estimate of drug-likeness (QED) is 0.468. The van der Waals surface area contributed by atoms with Crippen molar-refractivity contribution in [2.24, 2.45) is 11.5 Å². The van der Waals surface area contributed by atoms with Gasteiger partial charge < -0.3 is 16.2 Å². The molecular formula is C15H16Cl3N5O4S2. The summed E-state index contributed by atoms with van der Waals surface area (Å²) in [5, 5.41) is -0.513. The molecule has 0 aliphatic carbocycles. The van der Waals surface area contributed by atoms with E-state index < -0.39 is 27.2 Å². The third kappa shape index (κ3) is 5.56. The van der Waals surface area contributed by atoms with Gasteiger partial charge in [-0.1, -0.05) is 59.6 Å². The Labute approximate surface area is 186 Å². The van der Waals surface area contributed by atoms with Crippen LogP contribution in [0.3, 0.4) is 0 Å². The first-order valence-electron chi connectivity index (χ1n) is 7.77. The van der Waals surface area contributed by atoms with Crippen molar-refractivity contribution in [1.82, 2.24) is 9.97 Å². The van der Waals surface area contributed by atoms with Crippen LogP contribution in [0.5, 0.6) is 5.88 Å². The summed E-state index contributed by atoms with van der Waals surface area (Å²) in [5.41, 5.74) is 10.9. The fourth-order valence-electron chi connectivity index (χ4n) is 2.02. The molecule has 1 heterocycles. The summed E-state index contributed by atoms with van der Waals surface area (Å²) < 4.78 is 32.7. The van der Waals surface area contributed by atoms with Crippen molar-refractivity contribution in [3.63, 3.8) is 0 Å². The molecule has 0 aliphatic heterocycles. The van der Waals surface area contributed by atoms with Gasteiger partial charge in [-0.25, -0.2) is 18.4 Å². The molecule has 0 bridgehead atoms. The monoisotopic (exact) mass is 499 g/mol. The highest BCUT2D eigenvalue weighted by Crippen LogP contribution is 2.35. The second kappa shape index (κ2) is 9.54. The summed E-state index contributed by atoms with van der Waals surface area (Å²) >= 11 is 19.0. The Balaban J connectivity index is 2.38. The normalized spacial score (nSPS) is 13.6. The molecule has 29 heavy (non-hydrogen) atoms. The number of aromatic nitrogens is 2. The Morgan fingerprint density at radius 1 is 1.28 bits per heavy atom. The number of carbonyl (C=O) groups is 1. The number of hydrogen-bond acceptors (Lipinski definition) is 8. The molecule has 1 aromatic carbocycles. The second-order valence-electron chi connectivity index (χ2n) is 5.59. The molecule has 14 heteroatoms. The van der Waals surface area contributed by atoms with Crippen LogP contribution in [0.2, 0.25) is 15.2 Å². The number of carbonyl (C=O) groups excluding carboxylic acids is 1. The smallest absolute Gasteiger partial charge is 0.264 e. The zero-order chi connectivity index (χ0) is 21.9. The molecular weight excluding hydrogens is 485 g/mol. The summed E-state index contributed by atoms with van der Waals surface area (Å²) in [6, 6.07) is 3.20. The minimum Gasteiger partial charge on any atom is -0.478 e. The molecule has 2 atom stereocenters. The van der Waals surface area contributed by atoms with Crippen molar-refractivity contribution in [2.75, 3.05) is 11.8 Å². The first-order valence-corrected chi connectivity index (χ1v) is 11.3. The predicted octanol–water partition coefficient (Wildman–Crippen LogP) is 2.54. The van der Waals surface area contributed by atoms with Crippen LogP contribution in [-0.4, -0.2) is 42.7 Å². The standard InChI is InChI=1S/C15H16Cl3N5O4S2/c1-6(10(19)12(20)24)28-15-11(18)21-13(14(22-15)27-2)23-29(25,26)8-5-3-4-7(16)9(8)17/h3-6,10H,19H2,1-2H3,(H2,20,24)(H,21,23). The number of amides is 1. The number of anilines is 1. The van der Waals surface area contributed by atoms with Gasteiger partial charge in [-0.05, 0) is 12.1 Å². The summed E-state index contributed by atoms with van der Waals surface area (Å²) in [6.07, 6.45) is 0. The van der Waals surface area contributed by atoms with Gasteiger partial charge in [0, 0.05) is 5.25 Å². The number of nitrogens with zero attached hydrogens (tertiary/aromatic N) is 2. The average Bonchev–Trinajstić information content (AvgIpc) is 2.64. The van der Waals surface area contributed by atoms with E-state index in [1.165, 1.54) is 25.3 Å². The topological polar surface area (TPSA) is 150 Å². The number of halogens is 3. The molecule has 2 aromatic rings. The lowest BCUT2D eigenvalue weighted by atomic mass is 10.2. The average molecular weight is 501 g/mol. The van der Waals surface area contributed by atoms with Gasteiger partial charge in [-0.3, -0.25) is 9.52 Å². The fraction of sp³-hybridized carbons (Fsp3) is 0.267. The van der Waals surface area contributed by atoms with Crippen molar-refractivity contribution in [3.8, 4) is 5.88 Å². The zero-order valence-electron chi connectivity index (χ0n) is 15.0. The minimum atomic E-state index is -4.17. The van der Waals surface area contributed by atoms with Gasteiger partial charge in [0.25, 0.3) is 15.9 Å². The Kier molecular flexibility index (Phi) is 7.82. The van der Waals surface area contributed by atoms with Crippen molar-refractivity contribution in [3.05, 3.63) is 33.4 Å². The predicted molar refractivity (Wildman–Crippen MR) is 113 cm³/mol. The van der Waals surface area contributed by atoms with Gasteiger partial charge in [-0.15, -0.1) is 0 Å². The van der Waals surface area contributed by atoms with E-state index in [2.05, 4.69) is 14.7 Å². The van der Waals surface area contributed by atoms with E-state index in [9.17, 15) is 13.2 Å². The Bertz CT molecular complexity index is 1040. The van der Waals surface area contributed by atoms with E-state index in [0.29, 0.717) is 0 Å². The first-order chi connectivity index (χ1) is 13.5. The molecule has 9 nitrogen and oxygen atoms in total. The van der Waals surface area contributed by atoms with Crippen LogP contribution < -0.4 is 20.9 Å². The molecule has 158 valence electrons. The maximum absolute atomic E-state index is 12.7. The van der Waals surface area contributed by atoms with Crippen LogP contribution >= 0.6 is 46.6 Å². The van der Waals surface area contributed by atoms with Crippen molar-refractivity contribution < 1.29 is 17.9 Å². The summed E-state index contributed by atoms with van der Waals surface area (Å²) in [6.45, 7) is 1.66. The first kappa shape index (κ1) is 23.8. The summed E-state index contributed by atoms with van der Waals surface area (Å²) in [7, 11) is -2.90. The Morgan fingerprint density at radius 2 is 1.93 bits per heavy atom. The number of hydrogen-bond donors (Lipinski definition) is 3. The van der Waals surface area contributed by atoms with Gasteiger partial charge >= 0.3 is 0 Å². The van der Waals surface area contributed by atoms with E-state index in [1.807, 2.05) is 0 Å². The van der Waals surface area contributed by atoms with Crippen molar-refractivity contribution in [2.45, 2.75) is 28.1 Å². The van der Waals surface area contributed by atoms with Gasteiger partial charge in [0.05, 0.1) is 23.2 Å². The lowest BCUT2D eigenvalue weighted by Gasteiger charge is -2.17. The zero-order valence-corrected chi connectivity index (χ0v) is 18.9. The van der Waals surface area contributed by atoms with Crippen LogP contribution in [0, 0.1) is 0 Å². The minimum absolute atomic E-state index is 0.0668. The third-order valence-corrected chi connectivity index (χ3v) is 7.41. The van der Waals surface area contributed by atoms with Crippen molar-refractivity contribution >= 4 is 68.3 Å². The largest absolute Gasteiger partial charge is 0.478 e. The molecule has 0 radical (unpaired) electrons. The number of methoxy groups -OCH3 is 1. The molecule has 0 fully saturated rings. The molecule has 1 amide bonds. The number of primary amides is 1. The maximum Gasteiger partial charge on any atom is 0.264 e. The lowest BCUT2D eigenvalue weighted by molar-refractivity contribution is -0.119. The molecule has 0 saturated carbocycles. The number of ether oxygens (including phenoxy) is 1. The molecule has 0 aliphatic rings. The molecule has 1 aromatic heterocycles. The van der Waals surface area contributed by atoms with Crippen LogP contribution in [0.4, 0.5) is 5.82 Å². The van der Waals surface area contributed by atoms with E-state index in [0.717, 1.165) is 11.8 Å². The molecule has 0 spiro atoms. The van der Waals surface area contributed by atoms with Crippen LogP contribution in [0.1, 0.15) is 6.92 Å². The summed E-state index contributed by atoms with van der Waals surface area (Å²) in [5.74, 6) is -1.10. The number of rotatable bonds is 8. The highest BCUT2D eigenvalue weighted by atomic mass is 35.5. The second-order valence-corrected chi connectivity index (χ2v) is 9.75. The van der Waals surface area contributed by atoms with E-state index in [1.54, 1.807) is 6.92 Å². The highest BCUT2D eigenvalue weighted by Gasteiger charge is 2.26. The number of nitrogens with one attached hydrogen (secondary N) is 1. The van der Waals surface area contributed by atoms with Crippen LogP contribution in [0.15, 0.2) is 28.1 Å². The van der Waals surface area contributed by atoms with E-state index >= 15 is 0 Å². The molecule has 0 saturated heterocycles. The summed E-state index contributed by atoms with van der Waals surface area (Å²) in [4.78, 5) is 19.1. The van der Waals surface area contributed by atoms with E-state index in [4.69, 9.17) is 51.0 Å². The van der Waals surface area contributed by atoms with Crippen LogP contribution in [0.25, 0.3) is 0 Å². The fourth-order valence-corrected chi connectivity index (χ4v) is 4.96. The number of sulfonamides is 1. The SMILES string of the molecule is COc1nc(SC(C)C(N)C(N)=O)c(Cl)nc1NS(=O)(=O)c1cccc(Cl)c1Cl. The van der Waals surface area contributed by atoms with Gasteiger partial charge in [0.1, 0.15) is 9.92 Å². The van der Waals surface area contributed by atoms with Gasteiger partial charge in [0.15, 0.2) is 5.15 Å². The van der Waals surface area contributed by atoms with E-state index in [-0.39, 0.29) is 36.8 Å². The highest BCUT2D eigenvalue weighted by molar-refractivity contribution is 8.00. The third-order valence-electron chi connectivity index (χ3n) is 3.55. The van der Waals surface area contributed by atoms with Gasteiger partial charge in [-0.2, -0.15) is 0 Å². The number of thioether (sulfide) groups is 1. The molecule has 5 N–H and O–H groups in total.